The predicted octanol–water partition coefficient (Wildman–Crippen LogP) is 1.81. The van der Waals surface area contributed by atoms with Crippen LogP contribution in [0.3, 0.4) is 0 Å². The van der Waals surface area contributed by atoms with Crippen molar-refractivity contribution in [2.45, 2.75) is 6.36 Å². The average molecular weight is 284 g/mol. The maximum Gasteiger partial charge on any atom is 0.573 e. The van der Waals surface area contributed by atoms with Crippen molar-refractivity contribution in [3.8, 4) is 5.75 Å². The van der Waals surface area contributed by atoms with Crippen molar-refractivity contribution in [2.24, 2.45) is 0 Å². The minimum Gasteiger partial charge on any atom is -0.463 e. The van der Waals surface area contributed by atoms with Crippen LogP contribution >= 0.6 is 0 Å². The maximum atomic E-state index is 13.5. The van der Waals surface area contributed by atoms with Gasteiger partial charge in [0.2, 0.25) is 5.82 Å². The molecule has 0 saturated carbocycles. The predicted molar refractivity (Wildman–Crippen MR) is 48.9 cm³/mol. The highest BCUT2D eigenvalue weighted by molar-refractivity contribution is 5.88. The highest BCUT2D eigenvalue weighted by Crippen LogP contribution is 2.29. The molecule has 0 spiro atoms. The molecule has 1 aromatic rings. The molecule has 0 fully saturated rings. The molecule has 0 N–H and O–H groups in total. The van der Waals surface area contributed by atoms with E-state index in [0.29, 0.717) is 0 Å². The first-order chi connectivity index (χ1) is 8.65. The number of nitro groups is 1. The van der Waals surface area contributed by atoms with Crippen LogP contribution in [0, 0.1) is 15.9 Å². The number of hydrogen-bond acceptors (Lipinski definition) is 6. The Bertz CT molecular complexity index is 531. The van der Waals surface area contributed by atoms with Gasteiger partial charge in [-0.15, -0.1) is 13.2 Å². The molecule has 7 nitrogen and oxygen atoms in total. The summed E-state index contributed by atoms with van der Waals surface area (Å²) >= 11 is 0. The van der Waals surface area contributed by atoms with E-state index in [4.69, 9.17) is 0 Å². The number of ether oxygens (including phenoxy) is 2. The molecule has 0 aliphatic rings. The van der Waals surface area contributed by atoms with Gasteiger partial charge in [0.25, 0.3) is 5.69 Å². The van der Waals surface area contributed by atoms with E-state index in [2.05, 4.69) is 14.5 Å². The first-order valence-electron chi connectivity index (χ1n) is 4.34. The van der Waals surface area contributed by atoms with E-state index in [9.17, 15) is 32.5 Å². The summed E-state index contributed by atoms with van der Waals surface area (Å²) in [7, 11) is 0.798. The number of pyridine rings is 1. The van der Waals surface area contributed by atoms with Gasteiger partial charge in [-0.1, -0.05) is 0 Å². The van der Waals surface area contributed by atoms with Gasteiger partial charge in [0.15, 0.2) is 5.75 Å². The second-order valence-corrected chi connectivity index (χ2v) is 2.94. The minimum atomic E-state index is -5.29. The molecule has 0 aliphatic carbocycles. The lowest BCUT2D eigenvalue weighted by atomic mass is 10.3. The van der Waals surface area contributed by atoms with E-state index < -0.39 is 40.3 Å². The monoisotopic (exact) mass is 284 g/mol. The van der Waals surface area contributed by atoms with E-state index in [0.717, 1.165) is 7.11 Å². The number of alkyl halides is 3. The molecule has 11 heteroatoms. The summed E-state index contributed by atoms with van der Waals surface area (Å²) in [5.74, 6) is -6.03. The molecule has 0 aliphatic heterocycles. The first kappa shape index (κ1) is 14.6. The van der Waals surface area contributed by atoms with Crippen LogP contribution in [0.1, 0.15) is 10.5 Å². The molecule has 0 saturated heterocycles. The average Bonchev–Trinajstić information content (AvgIpc) is 2.28. The van der Waals surface area contributed by atoms with Crippen LogP contribution in [0.4, 0.5) is 23.4 Å². The molecule has 0 radical (unpaired) electrons. The molecule has 0 unspecified atom stereocenters. The summed E-state index contributed by atoms with van der Waals surface area (Å²) in [6.07, 6.45) is -5.29. The van der Waals surface area contributed by atoms with Gasteiger partial charge >= 0.3 is 18.1 Å². The van der Waals surface area contributed by atoms with Gasteiger partial charge in [0, 0.05) is 0 Å². The van der Waals surface area contributed by atoms with Crippen LogP contribution in [0.15, 0.2) is 6.07 Å². The lowest BCUT2D eigenvalue weighted by molar-refractivity contribution is -0.389. The number of aromatic nitrogens is 1. The van der Waals surface area contributed by atoms with Crippen LogP contribution in [-0.2, 0) is 4.74 Å². The van der Waals surface area contributed by atoms with Crippen LogP contribution < -0.4 is 4.74 Å². The largest absolute Gasteiger partial charge is 0.573 e. The van der Waals surface area contributed by atoms with Crippen molar-refractivity contribution >= 4 is 11.8 Å². The van der Waals surface area contributed by atoms with E-state index in [-0.39, 0.29) is 6.07 Å². The molecule has 1 heterocycles. The number of halogens is 4. The summed E-state index contributed by atoms with van der Waals surface area (Å²) in [6.45, 7) is 0. The number of esters is 1. The zero-order chi connectivity index (χ0) is 14.8. The standard InChI is InChI=1S/C8H4F4N2O5/c1-18-7(15)6-5(9)3(19-8(10,11)12)2-4(13-6)14(16)17/h2H,1H3. The smallest absolute Gasteiger partial charge is 0.463 e. The van der Waals surface area contributed by atoms with Crippen LogP contribution in [0.5, 0.6) is 5.75 Å². The Labute approximate surface area is 101 Å². The van der Waals surface area contributed by atoms with Crippen molar-refractivity contribution in [2.75, 3.05) is 7.11 Å². The molecule has 1 aromatic heterocycles. The fraction of sp³-hybridized carbons (Fsp3) is 0.250. The number of carbonyl (C=O) groups excluding carboxylic acids is 1. The van der Waals surface area contributed by atoms with E-state index in [1.165, 1.54) is 0 Å². The Morgan fingerprint density at radius 1 is 1.47 bits per heavy atom. The Morgan fingerprint density at radius 2 is 2.05 bits per heavy atom. The molecule has 0 aromatic carbocycles. The zero-order valence-electron chi connectivity index (χ0n) is 9.02. The van der Waals surface area contributed by atoms with Crippen molar-refractivity contribution < 1.29 is 36.8 Å². The van der Waals surface area contributed by atoms with E-state index in [1.54, 1.807) is 0 Å². The van der Waals surface area contributed by atoms with Crippen LogP contribution in [-0.4, -0.2) is 29.3 Å². The number of carbonyl (C=O) groups is 1. The molecule has 104 valence electrons. The Kier molecular flexibility index (Phi) is 3.87. The molecule has 19 heavy (non-hydrogen) atoms. The third-order valence-corrected chi connectivity index (χ3v) is 1.70. The summed E-state index contributed by atoms with van der Waals surface area (Å²) in [5.41, 5.74) is -1.28. The Hall–Kier alpha value is -2.46. The lowest BCUT2D eigenvalue weighted by Gasteiger charge is -2.09. The summed E-state index contributed by atoms with van der Waals surface area (Å²) in [6, 6.07) is 0.106. The summed E-state index contributed by atoms with van der Waals surface area (Å²) in [5, 5.41) is 10.4. The highest BCUT2D eigenvalue weighted by Gasteiger charge is 2.36. The molecule has 0 bridgehead atoms. The van der Waals surface area contributed by atoms with Crippen molar-refractivity contribution in [1.82, 2.24) is 4.98 Å². The summed E-state index contributed by atoms with van der Waals surface area (Å²) < 4.78 is 56.7. The number of nitrogens with zero attached hydrogens (tertiary/aromatic N) is 2. The number of hydrogen-bond donors (Lipinski definition) is 0. The molecular formula is C8H4F4N2O5. The second-order valence-electron chi connectivity index (χ2n) is 2.94. The number of methoxy groups -OCH3 is 1. The second kappa shape index (κ2) is 5.04. The van der Waals surface area contributed by atoms with Gasteiger partial charge in [-0.2, -0.15) is 4.39 Å². The van der Waals surface area contributed by atoms with Gasteiger partial charge in [0.1, 0.15) is 0 Å². The van der Waals surface area contributed by atoms with Crippen molar-refractivity contribution in [3.05, 3.63) is 27.7 Å². The maximum absolute atomic E-state index is 13.5. The van der Waals surface area contributed by atoms with Crippen LogP contribution in [0.25, 0.3) is 0 Å². The Morgan fingerprint density at radius 3 is 2.47 bits per heavy atom. The van der Waals surface area contributed by atoms with Crippen LogP contribution in [0.2, 0.25) is 0 Å². The van der Waals surface area contributed by atoms with E-state index >= 15 is 0 Å². The first-order valence-corrected chi connectivity index (χ1v) is 4.34. The fourth-order valence-electron chi connectivity index (χ4n) is 1.02. The third kappa shape index (κ3) is 3.50. The third-order valence-electron chi connectivity index (χ3n) is 1.70. The fourth-order valence-corrected chi connectivity index (χ4v) is 1.02. The minimum absolute atomic E-state index is 0.106. The van der Waals surface area contributed by atoms with Gasteiger partial charge in [0.05, 0.1) is 13.2 Å². The summed E-state index contributed by atoms with van der Waals surface area (Å²) in [4.78, 5) is 23.2. The van der Waals surface area contributed by atoms with Gasteiger partial charge < -0.3 is 19.6 Å². The SMILES string of the molecule is COC(=O)c1nc([N+](=O)[O-])cc(OC(F)(F)F)c1F. The topological polar surface area (TPSA) is 91.6 Å². The molecule has 0 atom stereocenters. The van der Waals surface area contributed by atoms with E-state index in [1.807, 2.05) is 0 Å². The molecule has 0 amide bonds. The molecule has 1 rings (SSSR count). The lowest BCUT2D eigenvalue weighted by Crippen LogP contribution is -2.20. The quantitative estimate of drug-likeness (QED) is 0.364. The normalized spacial score (nSPS) is 11.0. The van der Waals surface area contributed by atoms with Crippen molar-refractivity contribution in [1.29, 1.82) is 0 Å². The highest BCUT2D eigenvalue weighted by atomic mass is 19.4. The Balaban J connectivity index is 3.41. The number of rotatable bonds is 3. The van der Waals surface area contributed by atoms with Gasteiger partial charge in [-0.05, 0) is 9.91 Å². The molecular weight excluding hydrogens is 280 g/mol. The zero-order valence-corrected chi connectivity index (χ0v) is 9.02. The van der Waals surface area contributed by atoms with Gasteiger partial charge in [-0.25, -0.2) is 4.79 Å². The van der Waals surface area contributed by atoms with Gasteiger partial charge in [-0.3, -0.25) is 0 Å². The van der Waals surface area contributed by atoms with Crippen molar-refractivity contribution in [3.63, 3.8) is 0 Å².